The lowest BCUT2D eigenvalue weighted by atomic mass is 10.0. The summed E-state index contributed by atoms with van der Waals surface area (Å²) in [6, 6.07) is 7.79. The minimum atomic E-state index is -0.562. The average Bonchev–Trinajstić information content (AvgIpc) is 3.55. The molecule has 4 N–H and O–H groups in total. The van der Waals surface area contributed by atoms with E-state index in [2.05, 4.69) is 46.3 Å². The number of urea groups is 1. The molecule has 1 aromatic carbocycles. The molecule has 2 fully saturated rings. The average molecular weight is 515 g/mol. The predicted molar refractivity (Wildman–Crippen MR) is 139 cm³/mol. The third-order valence-electron chi connectivity index (χ3n) is 5.90. The summed E-state index contributed by atoms with van der Waals surface area (Å²) in [6.07, 6.45) is 10.8. The lowest BCUT2D eigenvalue weighted by Gasteiger charge is -2.12. The smallest absolute Gasteiger partial charge is 0.326 e. The van der Waals surface area contributed by atoms with Crippen molar-refractivity contribution in [2.24, 2.45) is 0 Å². The van der Waals surface area contributed by atoms with Crippen molar-refractivity contribution < 1.29 is 9.59 Å². The van der Waals surface area contributed by atoms with Gasteiger partial charge in [0.05, 0.1) is 6.20 Å². The predicted octanol–water partition coefficient (Wildman–Crippen LogP) is 2.67. The highest BCUT2D eigenvalue weighted by Crippen LogP contribution is 2.27. The molecule has 1 aliphatic heterocycles. The first kappa shape index (κ1) is 22.9. The van der Waals surface area contributed by atoms with Crippen molar-refractivity contribution >= 4 is 47.3 Å². The third kappa shape index (κ3) is 4.80. The van der Waals surface area contributed by atoms with E-state index in [4.69, 9.17) is 0 Å². The summed E-state index contributed by atoms with van der Waals surface area (Å²) in [5.74, 6) is 0.452. The van der Waals surface area contributed by atoms with Crippen LogP contribution in [0.5, 0.6) is 0 Å². The molecule has 0 bridgehead atoms. The van der Waals surface area contributed by atoms with Crippen molar-refractivity contribution in [1.29, 1.82) is 0 Å². The van der Waals surface area contributed by atoms with E-state index in [-0.39, 0.29) is 5.70 Å². The van der Waals surface area contributed by atoms with Crippen LogP contribution >= 0.6 is 11.8 Å². The number of hydrogen-bond acceptors (Lipinski definition) is 10. The number of rotatable bonds is 8. The molecule has 4 aromatic rings. The molecule has 3 aromatic heterocycles. The summed E-state index contributed by atoms with van der Waals surface area (Å²) >= 11 is 1.50. The molecule has 1 saturated carbocycles. The Balaban J connectivity index is 1.32. The van der Waals surface area contributed by atoms with Crippen molar-refractivity contribution in [3.05, 3.63) is 59.7 Å². The van der Waals surface area contributed by atoms with E-state index in [0.717, 1.165) is 34.7 Å². The van der Waals surface area contributed by atoms with E-state index in [0.29, 0.717) is 35.7 Å². The molecule has 0 atom stereocenters. The maximum Gasteiger partial charge on any atom is 0.326 e. The van der Waals surface area contributed by atoms with Gasteiger partial charge in [0.1, 0.15) is 5.70 Å². The molecule has 13 heteroatoms. The maximum absolute atomic E-state index is 12.0. The van der Waals surface area contributed by atoms with Crippen LogP contribution < -0.4 is 21.3 Å². The Labute approximate surface area is 215 Å². The SMILES string of the molecule is CSc1ncc(-c2ccccc2CNc2nc(NC3CC3)n3ncc(/C=C4\NC(=O)NC4=O)c3n2)cn1. The second-order valence-corrected chi connectivity index (χ2v) is 9.33. The van der Waals surface area contributed by atoms with E-state index >= 15 is 0 Å². The maximum atomic E-state index is 12.0. The Bertz CT molecular complexity index is 1550. The van der Waals surface area contributed by atoms with Gasteiger partial charge in [-0.3, -0.25) is 10.1 Å². The second-order valence-electron chi connectivity index (χ2n) is 8.56. The minimum Gasteiger partial charge on any atom is -0.351 e. The fraction of sp³-hybridized carbons (Fsp3) is 0.208. The van der Waals surface area contributed by atoms with Crippen LogP contribution in [0.2, 0.25) is 0 Å². The summed E-state index contributed by atoms with van der Waals surface area (Å²) in [6.45, 7) is 0.461. The van der Waals surface area contributed by atoms with Gasteiger partial charge in [-0.25, -0.2) is 14.8 Å². The summed E-state index contributed by atoms with van der Waals surface area (Å²) < 4.78 is 1.60. The molecule has 37 heavy (non-hydrogen) atoms. The van der Waals surface area contributed by atoms with Crippen LogP contribution in [0.3, 0.4) is 0 Å². The van der Waals surface area contributed by atoms with Gasteiger partial charge < -0.3 is 16.0 Å². The van der Waals surface area contributed by atoms with Crippen molar-refractivity contribution in [3.8, 4) is 11.1 Å². The van der Waals surface area contributed by atoms with Crippen LogP contribution in [-0.2, 0) is 11.3 Å². The lowest BCUT2D eigenvalue weighted by molar-refractivity contribution is -0.115. The van der Waals surface area contributed by atoms with E-state index < -0.39 is 11.9 Å². The Morgan fingerprint density at radius 1 is 1.11 bits per heavy atom. The zero-order valence-electron chi connectivity index (χ0n) is 19.7. The molecule has 1 saturated heterocycles. The van der Waals surface area contributed by atoms with E-state index in [1.807, 2.05) is 42.9 Å². The molecular weight excluding hydrogens is 492 g/mol. The van der Waals surface area contributed by atoms with Gasteiger partial charge in [0, 0.05) is 36.1 Å². The van der Waals surface area contributed by atoms with Gasteiger partial charge in [-0.05, 0) is 36.3 Å². The molecule has 6 rings (SSSR count). The molecule has 12 nitrogen and oxygen atoms in total. The molecule has 2 aliphatic rings. The number of thioether (sulfide) groups is 1. The normalized spacial score (nSPS) is 16.2. The van der Waals surface area contributed by atoms with Gasteiger partial charge in [-0.2, -0.15) is 19.6 Å². The summed E-state index contributed by atoms with van der Waals surface area (Å²) in [5.41, 5.74) is 4.17. The molecular formula is C24H22N10O2S. The molecule has 0 spiro atoms. The van der Waals surface area contributed by atoms with Gasteiger partial charge >= 0.3 is 6.03 Å². The van der Waals surface area contributed by atoms with E-state index in [9.17, 15) is 9.59 Å². The van der Waals surface area contributed by atoms with E-state index in [1.54, 1.807) is 16.8 Å². The number of nitrogens with zero attached hydrogens (tertiary/aromatic N) is 6. The fourth-order valence-corrected chi connectivity index (χ4v) is 4.22. The Hall–Kier alpha value is -4.52. The second kappa shape index (κ2) is 9.50. The highest BCUT2D eigenvalue weighted by atomic mass is 32.2. The standard InChI is InChI=1S/C24H22N10O2S/c1-37-24-26-10-15(11-27-24)17-5-3-2-4-13(17)9-25-21-31-19-14(8-18-20(35)32-23(36)30-18)12-28-34(19)22(33-21)29-16-6-7-16/h2-5,8,10-12,16H,6-7,9H2,1H3,(H2,25,29,31,33)(H2,30,32,35,36)/b18-8-. The number of amides is 3. The van der Waals surface area contributed by atoms with Gasteiger partial charge in [0.2, 0.25) is 11.9 Å². The molecule has 0 radical (unpaired) electrons. The Kier molecular flexibility index (Phi) is 5.88. The van der Waals surface area contributed by atoms with Crippen molar-refractivity contribution in [3.63, 3.8) is 0 Å². The number of nitrogens with one attached hydrogen (secondary N) is 4. The third-order valence-corrected chi connectivity index (χ3v) is 6.48. The summed E-state index contributed by atoms with van der Waals surface area (Å²) in [4.78, 5) is 41.7. The minimum absolute atomic E-state index is 0.133. The van der Waals surface area contributed by atoms with Gasteiger partial charge in [0.15, 0.2) is 10.8 Å². The lowest BCUT2D eigenvalue weighted by Crippen LogP contribution is -2.22. The number of benzene rings is 1. The zero-order valence-corrected chi connectivity index (χ0v) is 20.5. The number of hydrogen-bond donors (Lipinski definition) is 4. The number of fused-ring (bicyclic) bond motifs is 1. The van der Waals surface area contributed by atoms with Gasteiger partial charge in [0.25, 0.3) is 5.91 Å². The zero-order chi connectivity index (χ0) is 25.4. The quantitative estimate of drug-likeness (QED) is 0.120. The van der Waals surface area contributed by atoms with Crippen molar-refractivity contribution in [1.82, 2.24) is 40.2 Å². The van der Waals surface area contributed by atoms with Crippen molar-refractivity contribution in [2.45, 2.75) is 30.6 Å². The topological polar surface area (TPSA) is 151 Å². The van der Waals surface area contributed by atoms with Crippen molar-refractivity contribution in [2.75, 3.05) is 16.9 Å². The molecule has 186 valence electrons. The number of carbonyl (C=O) groups excluding carboxylic acids is 2. The molecule has 3 amide bonds. The Morgan fingerprint density at radius 3 is 2.65 bits per heavy atom. The highest BCUT2D eigenvalue weighted by molar-refractivity contribution is 7.98. The van der Waals surface area contributed by atoms with Crippen LogP contribution in [0.15, 0.2) is 53.7 Å². The van der Waals surface area contributed by atoms with Gasteiger partial charge in [-0.1, -0.05) is 36.0 Å². The first-order valence-corrected chi connectivity index (χ1v) is 12.8. The summed E-state index contributed by atoms with van der Waals surface area (Å²) in [5, 5.41) is 16.5. The largest absolute Gasteiger partial charge is 0.351 e. The van der Waals surface area contributed by atoms with Crippen LogP contribution in [0.1, 0.15) is 24.0 Å². The summed E-state index contributed by atoms with van der Waals surface area (Å²) in [7, 11) is 0. The molecule has 0 unspecified atom stereocenters. The fourth-order valence-electron chi connectivity index (χ4n) is 3.91. The van der Waals surface area contributed by atoms with Crippen LogP contribution in [-0.4, -0.2) is 53.8 Å². The molecule has 4 heterocycles. The first-order valence-electron chi connectivity index (χ1n) is 11.6. The highest BCUT2D eigenvalue weighted by Gasteiger charge is 2.26. The first-order chi connectivity index (χ1) is 18.1. The Morgan fingerprint density at radius 2 is 1.92 bits per heavy atom. The van der Waals surface area contributed by atoms with Crippen LogP contribution in [0.4, 0.5) is 16.7 Å². The number of anilines is 2. The van der Waals surface area contributed by atoms with Gasteiger partial charge in [-0.15, -0.1) is 0 Å². The van der Waals surface area contributed by atoms with E-state index in [1.165, 1.54) is 11.8 Å². The number of carbonyl (C=O) groups is 2. The number of imide groups is 1. The number of aromatic nitrogens is 6. The van der Waals surface area contributed by atoms with Crippen LogP contribution in [0, 0.1) is 0 Å². The molecule has 1 aliphatic carbocycles. The van der Waals surface area contributed by atoms with Crippen LogP contribution in [0.25, 0.3) is 22.9 Å². The monoisotopic (exact) mass is 514 g/mol.